The molecule has 50 heavy (non-hydrogen) atoms. The third kappa shape index (κ3) is 4.76. The highest BCUT2D eigenvalue weighted by molar-refractivity contribution is 6.12. The molecule has 2 aromatic heterocycles. The molecule has 1 aliphatic carbocycles. The number of anilines is 5. The fourth-order valence-electron chi connectivity index (χ4n) is 7.57. The van der Waals surface area contributed by atoms with Crippen molar-refractivity contribution in [1.82, 2.24) is 0 Å². The van der Waals surface area contributed by atoms with Gasteiger partial charge in [-0.25, -0.2) is 0 Å². The molecule has 0 unspecified atom stereocenters. The summed E-state index contributed by atoms with van der Waals surface area (Å²) in [7, 11) is 0. The normalized spacial score (nSPS) is 12.8. The highest BCUT2D eigenvalue weighted by Crippen LogP contribution is 2.42. The molecule has 238 valence electrons. The SMILES string of the molecule is C1=C(N(c2ccccc2)c2ccccc2)CCc2c1oc1cc3cc4oc5cc(N(c6ccccc6)c6ccccc6)ccc5c4cc3cc21. The van der Waals surface area contributed by atoms with Crippen LogP contribution in [0.25, 0.3) is 49.8 Å². The van der Waals surface area contributed by atoms with Crippen molar-refractivity contribution in [3.63, 3.8) is 0 Å². The van der Waals surface area contributed by atoms with E-state index in [2.05, 4.69) is 168 Å². The first kappa shape index (κ1) is 28.5. The number of nitrogens with zero attached hydrogens (tertiary/aromatic N) is 2. The van der Waals surface area contributed by atoms with Gasteiger partial charge in [0.05, 0.1) is 0 Å². The first-order valence-electron chi connectivity index (χ1n) is 17.1. The Morgan fingerprint density at radius 3 is 1.48 bits per heavy atom. The van der Waals surface area contributed by atoms with Crippen LogP contribution in [0.2, 0.25) is 0 Å². The highest BCUT2D eigenvalue weighted by atomic mass is 16.3. The molecule has 0 bridgehead atoms. The molecule has 0 saturated carbocycles. The molecule has 7 aromatic carbocycles. The lowest BCUT2D eigenvalue weighted by Crippen LogP contribution is -2.18. The van der Waals surface area contributed by atoms with Gasteiger partial charge >= 0.3 is 0 Å². The summed E-state index contributed by atoms with van der Waals surface area (Å²) in [6, 6.07) is 57.5. The van der Waals surface area contributed by atoms with Gasteiger partial charge in [-0.15, -0.1) is 0 Å². The monoisotopic (exact) mass is 644 g/mol. The van der Waals surface area contributed by atoms with Crippen LogP contribution in [0.4, 0.5) is 28.4 Å². The molecule has 2 heterocycles. The van der Waals surface area contributed by atoms with Crippen molar-refractivity contribution >= 4 is 78.2 Å². The molecule has 0 spiro atoms. The van der Waals surface area contributed by atoms with E-state index in [0.29, 0.717) is 0 Å². The van der Waals surface area contributed by atoms with Crippen molar-refractivity contribution in [1.29, 1.82) is 0 Å². The summed E-state index contributed by atoms with van der Waals surface area (Å²) in [4.78, 5) is 4.61. The van der Waals surface area contributed by atoms with Crippen molar-refractivity contribution in [2.75, 3.05) is 9.80 Å². The Morgan fingerprint density at radius 2 is 0.880 bits per heavy atom. The van der Waals surface area contributed by atoms with E-state index in [4.69, 9.17) is 8.83 Å². The summed E-state index contributed by atoms with van der Waals surface area (Å²) in [5.74, 6) is 0.941. The van der Waals surface area contributed by atoms with Gasteiger partial charge in [-0.05, 0) is 109 Å². The first-order valence-corrected chi connectivity index (χ1v) is 17.1. The Balaban J connectivity index is 1.06. The minimum absolute atomic E-state index is 0.866. The van der Waals surface area contributed by atoms with Gasteiger partial charge in [0.2, 0.25) is 0 Å². The summed E-state index contributed by atoms with van der Waals surface area (Å²) in [5.41, 5.74) is 10.7. The van der Waals surface area contributed by atoms with Crippen LogP contribution >= 0.6 is 0 Å². The van der Waals surface area contributed by atoms with Gasteiger partial charge in [-0.3, -0.25) is 0 Å². The Morgan fingerprint density at radius 1 is 0.380 bits per heavy atom. The number of para-hydroxylation sites is 4. The second-order valence-electron chi connectivity index (χ2n) is 12.9. The van der Waals surface area contributed by atoms with Crippen LogP contribution in [0, 0.1) is 0 Å². The second kappa shape index (κ2) is 11.6. The Hall–Kier alpha value is -6.52. The van der Waals surface area contributed by atoms with E-state index in [9.17, 15) is 0 Å². The molecule has 1 aliphatic rings. The van der Waals surface area contributed by atoms with Crippen LogP contribution in [0.5, 0.6) is 0 Å². The van der Waals surface area contributed by atoms with Crippen LogP contribution in [-0.4, -0.2) is 0 Å². The largest absolute Gasteiger partial charge is 0.456 e. The highest BCUT2D eigenvalue weighted by Gasteiger charge is 2.24. The van der Waals surface area contributed by atoms with Gasteiger partial charge in [0.15, 0.2) is 0 Å². The zero-order valence-corrected chi connectivity index (χ0v) is 27.3. The number of allylic oxidation sites excluding steroid dienone is 1. The van der Waals surface area contributed by atoms with Crippen LogP contribution < -0.4 is 9.80 Å². The molecule has 10 rings (SSSR count). The third-order valence-corrected chi connectivity index (χ3v) is 9.89. The van der Waals surface area contributed by atoms with Crippen molar-refractivity contribution in [2.45, 2.75) is 12.8 Å². The number of furan rings is 2. The molecule has 0 saturated heterocycles. The van der Waals surface area contributed by atoms with Gasteiger partial charge in [0, 0.05) is 68.0 Å². The Bertz CT molecular complexity index is 2610. The van der Waals surface area contributed by atoms with E-state index in [1.807, 2.05) is 12.1 Å². The molecular formula is C46H32N2O2. The smallest absolute Gasteiger partial charge is 0.137 e. The number of aryl methyl sites for hydroxylation is 1. The number of fused-ring (bicyclic) bond motifs is 7. The van der Waals surface area contributed by atoms with Crippen molar-refractivity contribution in [3.8, 4) is 0 Å². The molecule has 9 aromatic rings. The summed E-state index contributed by atoms with van der Waals surface area (Å²) >= 11 is 0. The molecule has 4 heteroatoms. The second-order valence-corrected chi connectivity index (χ2v) is 12.9. The van der Waals surface area contributed by atoms with E-state index in [-0.39, 0.29) is 0 Å². The van der Waals surface area contributed by atoms with E-state index in [1.54, 1.807) is 0 Å². The number of rotatable bonds is 6. The molecule has 0 radical (unpaired) electrons. The van der Waals surface area contributed by atoms with Crippen molar-refractivity contribution in [3.05, 3.63) is 181 Å². The zero-order chi connectivity index (χ0) is 33.0. The number of hydrogen-bond acceptors (Lipinski definition) is 4. The van der Waals surface area contributed by atoms with Crippen molar-refractivity contribution in [2.24, 2.45) is 0 Å². The quantitative estimate of drug-likeness (QED) is 0.180. The summed E-state index contributed by atoms with van der Waals surface area (Å²) in [6.45, 7) is 0. The first-order chi connectivity index (χ1) is 24.8. The van der Waals surface area contributed by atoms with Gasteiger partial charge in [-0.2, -0.15) is 0 Å². The number of hydrogen-bond donors (Lipinski definition) is 0. The van der Waals surface area contributed by atoms with Crippen molar-refractivity contribution < 1.29 is 8.83 Å². The lowest BCUT2D eigenvalue weighted by atomic mass is 9.96. The van der Waals surface area contributed by atoms with Gasteiger partial charge < -0.3 is 18.6 Å². The average molecular weight is 645 g/mol. The predicted octanol–water partition coefficient (Wildman–Crippen LogP) is 13.1. The summed E-state index contributed by atoms with van der Waals surface area (Å²) < 4.78 is 13.2. The fourth-order valence-corrected chi connectivity index (χ4v) is 7.57. The maximum atomic E-state index is 6.61. The lowest BCUT2D eigenvalue weighted by molar-refractivity contribution is 0.593. The maximum Gasteiger partial charge on any atom is 0.137 e. The van der Waals surface area contributed by atoms with Crippen LogP contribution in [0.1, 0.15) is 17.7 Å². The zero-order valence-electron chi connectivity index (χ0n) is 27.3. The molecule has 0 fully saturated rings. The summed E-state index contributed by atoms with van der Waals surface area (Å²) in [5, 5.41) is 5.69. The van der Waals surface area contributed by atoms with E-state index < -0.39 is 0 Å². The van der Waals surface area contributed by atoms with Crippen LogP contribution in [-0.2, 0) is 6.42 Å². The Kier molecular flexibility index (Phi) is 6.59. The fraction of sp³-hybridized carbons (Fsp3) is 0.0435. The molecule has 0 N–H and O–H groups in total. The predicted molar refractivity (Wildman–Crippen MR) is 207 cm³/mol. The average Bonchev–Trinajstić information content (AvgIpc) is 3.71. The number of benzene rings is 7. The van der Waals surface area contributed by atoms with E-state index >= 15 is 0 Å². The molecular weight excluding hydrogens is 613 g/mol. The van der Waals surface area contributed by atoms with Gasteiger partial charge in [0.25, 0.3) is 0 Å². The minimum atomic E-state index is 0.866. The molecule has 0 amide bonds. The standard InChI is InChI=1S/C46H32N2O2/c1-5-13-33(14-6-1)47(34-15-7-2-8-16-34)37-21-23-39-41-25-31-26-42-40-24-22-38(48(35-17-9-3-10-18-35)36-19-11-4-12-20-36)30-46(40)50-44(42)28-32(31)27-43(41)49-45(39)29-37/h1-21,23,25-30H,22,24H2. The van der Waals surface area contributed by atoms with Gasteiger partial charge in [0.1, 0.15) is 22.5 Å². The van der Waals surface area contributed by atoms with Gasteiger partial charge in [-0.1, -0.05) is 72.8 Å². The lowest BCUT2D eigenvalue weighted by Gasteiger charge is -2.29. The topological polar surface area (TPSA) is 32.8 Å². The molecule has 4 nitrogen and oxygen atoms in total. The van der Waals surface area contributed by atoms with Crippen LogP contribution in [0.3, 0.4) is 0 Å². The van der Waals surface area contributed by atoms with Crippen LogP contribution in [0.15, 0.2) is 178 Å². The molecule has 0 aliphatic heterocycles. The Labute approximate surface area is 289 Å². The van der Waals surface area contributed by atoms with E-state index in [0.717, 1.165) is 79.9 Å². The maximum absolute atomic E-state index is 6.61. The molecule has 0 atom stereocenters. The minimum Gasteiger partial charge on any atom is -0.456 e. The van der Waals surface area contributed by atoms with E-state index in [1.165, 1.54) is 22.0 Å². The third-order valence-electron chi connectivity index (χ3n) is 9.89. The summed E-state index contributed by atoms with van der Waals surface area (Å²) in [6.07, 6.45) is 4.06.